The molecule has 0 atom stereocenters. The van der Waals surface area contributed by atoms with Gasteiger partial charge in [-0.25, -0.2) is 0 Å². The molecule has 0 aliphatic heterocycles. The van der Waals surface area contributed by atoms with Crippen molar-refractivity contribution in [1.82, 2.24) is 15.1 Å². The molecule has 0 fully saturated rings. The van der Waals surface area contributed by atoms with Crippen molar-refractivity contribution in [3.8, 4) is 0 Å². The van der Waals surface area contributed by atoms with Gasteiger partial charge < -0.3 is 5.32 Å². The predicted octanol–water partition coefficient (Wildman–Crippen LogP) is 3.38. The van der Waals surface area contributed by atoms with E-state index < -0.39 is 0 Å². The van der Waals surface area contributed by atoms with E-state index in [1.54, 1.807) is 24.0 Å². The third-order valence-corrected chi connectivity index (χ3v) is 3.09. The van der Waals surface area contributed by atoms with Gasteiger partial charge in [-0.2, -0.15) is 5.10 Å². The van der Waals surface area contributed by atoms with Crippen molar-refractivity contribution in [2.75, 3.05) is 0 Å². The maximum absolute atomic E-state index is 11.4. The zero-order valence-electron chi connectivity index (χ0n) is 13.2. The van der Waals surface area contributed by atoms with Crippen molar-refractivity contribution in [1.29, 1.82) is 0 Å². The van der Waals surface area contributed by atoms with E-state index in [0.717, 1.165) is 6.42 Å². The number of allylic oxidation sites excluding steroid dienone is 1. The minimum absolute atomic E-state index is 0.201. The van der Waals surface area contributed by atoms with Crippen LogP contribution in [0.25, 0.3) is 0 Å². The molecule has 4 nitrogen and oxygen atoms in total. The summed E-state index contributed by atoms with van der Waals surface area (Å²) in [5, 5.41) is 6.61. The van der Waals surface area contributed by atoms with E-state index in [9.17, 15) is 4.79 Å². The normalized spacial score (nSPS) is 9.52. The maximum atomic E-state index is 11.4. The van der Waals surface area contributed by atoms with Crippen LogP contribution < -0.4 is 5.32 Å². The summed E-state index contributed by atoms with van der Waals surface area (Å²) in [6.07, 6.45) is 2.46. The van der Waals surface area contributed by atoms with Crippen LogP contribution in [0, 0.1) is 13.8 Å². The average molecular weight is 285 g/mol. The third-order valence-electron chi connectivity index (χ3n) is 3.09. The summed E-state index contributed by atoms with van der Waals surface area (Å²) in [5.41, 5.74) is 3.85. The van der Waals surface area contributed by atoms with E-state index in [1.807, 2.05) is 6.92 Å². The van der Waals surface area contributed by atoms with Crippen molar-refractivity contribution in [2.45, 2.75) is 27.2 Å². The van der Waals surface area contributed by atoms with Crippen LogP contribution in [0.2, 0.25) is 0 Å². The van der Waals surface area contributed by atoms with Crippen molar-refractivity contribution < 1.29 is 4.79 Å². The topological polar surface area (TPSA) is 46.9 Å². The van der Waals surface area contributed by atoms with Crippen molar-refractivity contribution in [2.24, 2.45) is 7.05 Å². The first kappa shape index (κ1) is 16.7. The van der Waals surface area contributed by atoms with Gasteiger partial charge in [0.25, 0.3) is 5.91 Å². The van der Waals surface area contributed by atoms with Gasteiger partial charge in [-0.1, -0.05) is 37.8 Å². The summed E-state index contributed by atoms with van der Waals surface area (Å²) in [4.78, 5) is 11.4. The molecule has 0 spiro atoms. The second kappa shape index (κ2) is 8.04. The highest BCUT2D eigenvalue weighted by atomic mass is 16.1. The number of nitrogens with zero attached hydrogens (tertiary/aromatic N) is 2. The standard InChI is InChI=1S/C9H13N3O.C8H10/c1-4-7(2)10-9(13)8-5-6-12(3)11-8;1-7-5-3-4-6-8(7)2/h5-6H,2,4H2,1,3H3,(H,10,13);3-6H,1-2H3. The monoisotopic (exact) mass is 285 g/mol. The highest BCUT2D eigenvalue weighted by Gasteiger charge is 2.07. The van der Waals surface area contributed by atoms with Gasteiger partial charge >= 0.3 is 0 Å². The number of hydrogen-bond acceptors (Lipinski definition) is 2. The minimum atomic E-state index is -0.201. The Balaban J connectivity index is 0.000000235. The first-order chi connectivity index (χ1) is 9.93. The minimum Gasteiger partial charge on any atom is -0.325 e. The van der Waals surface area contributed by atoms with Crippen LogP contribution in [0.3, 0.4) is 0 Å². The molecule has 1 aromatic carbocycles. The summed E-state index contributed by atoms with van der Waals surface area (Å²) in [5.74, 6) is -0.201. The zero-order chi connectivity index (χ0) is 15.8. The molecule has 1 heterocycles. The van der Waals surface area contributed by atoms with E-state index in [2.05, 4.69) is 55.1 Å². The van der Waals surface area contributed by atoms with Gasteiger partial charge in [-0.05, 0) is 37.5 Å². The van der Waals surface area contributed by atoms with Gasteiger partial charge in [0.1, 0.15) is 5.69 Å². The fraction of sp³-hybridized carbons (Fsp3) is 0.294. The zero-order valence-corrected chi connectivity index (χ0v) is 13.2. The summed E-state index contributed by atoms with van der Waals surface area (Å²) in [6.45, 7) is 9.85. The average Bonchev–Trinajstić information content (AvgIpc) is 2.89. The molecule has 0 aliphatic carbocycles. The molecule has 0 unspecified atom stereocenters. The Bertz CT molecular complexity index is 593. The Kier molecular flexibility index (Phi) is 6.40. The number of aryl methyl sites for hydroxylation is 3. The summed E-state index contributed by atoms with van der Waals surface area (Å²) >= 11 is 0. The van der Waals surface area contributed by atoms with E-state index in [1.165, 1.54) is 11.1 Å². The molecular weight excluding hydrogens is 262 g/mol. The predicted molar refractivity (Wildman–Crippen MR) is 86.0 cm³/mol. The summed E-state index contributed by atoms with van der Waals surface area (Å²) in [7, 11) is 1.77. The molecule has 1 N–H and O–H groups in total. The van der Waals surface area contributed by atoms with Gasteiger partial charge in [-0.3, -0.25) is 9.48 Å². The molecule has 0 saturated carbocycles. The molecule has 112 valence electrons. The molecule has 1 amide bonds. The summed E-state index contributed by atoms with van der Waals surface area (Å²) < 4.78 is 1.59. The Morgan fingerprint density at radius 2 is 1.81 bits per heavy atom. The Morgan fingerprint density at radius 1 is 1.24 bits per heavy atom. The number of carbonyl (C=O) groups excluding carboxylic acids is 1. The molecule has 0 aliphatic rings. The van der Waals surface area contributed by atoms with Crippen LogP contribution in [0.5, 0.6) is 0 Å². The largest absolute Gasteiger partial charge is 0.325 e. The molecule has 0 saturated heterocycles. The van der Waals surface area contributed by atoms with Crippen molar-refractivity contribution in [3.05, 3.63) is 65.6 Å². The fourth-order valence-corrected chi connectivity index (χ4v) is 1.51. The number of rotatable bonds is 3. The Labute approximate surface area is 126 Å². The molecule has 21 heavy (non-hydrogen) atoms. The molecule has 0 bridgehead atoms. The number of amides is 1. The van der Waals surface area contributed by atoms with Gasteiger partial charge in [0.05, 0.1) is 0 Å². The van der Waals surface area contributed by atoms with E-state index in [4.69, 9.17) is 0 Å². The van der Waals surface area contributed by atoms with Crippen LogP contribution >= 0.6 is 0 Å². The van der Waals surface area contributed by atoms with Crippen LogP contribution in [-0.2, 0) is 7.05 Å². The maximum Gasteiger partial charge on any atom is 0.275 e. The lowest BCUT2D eigenvalue weighted by atomic mass is 10.1. The number of aromatic nitrogens is 2. The quantitative estimate of drug-likeness (QED) is 0.939. The van der Waals surface area contributed by atoms with Crippen LogP contribution in [0.4, 0.5) is 0 Å². The molecule has 0 radical (unpaired) electrons. The number of nitrogens with one attached hydrogen (secondary N) is 1. The molecule has 2 aromatic rings. The fourth-order valence-electron chi connectivity index (χ4n) is 1.51. The van der Waals surface area contributed by atoms with E-state index in [-0.39, 0.29) is 5.91 Å². The first-order valence-corrected chi connectivity index (χ1v) is 6.95. The Morgan fingerprint density at radius 3 is 2.19 bits per heavy atom. The Hall–Kier alpha value is -2.36. The second-order valence-corrected chi connectivity index (χ2v) is 4.87. The van der Waals surface area contributed by atoms with Gasteiger partial charge in [0.15, 0.2) is 0 Å². The SMILES string of the molecule is C=C(CC)NC(=O)c1ccn(C)n1.Cc1ccccc1C. The van der Waals surface area contributed by atoms with E-state index in [0.29, 0.717) is 11.4 Å². The molecule has 4 heteroatoms. The molecule has 1 aromatic heterocycles. The smallest absolute Gasteiger partial charge is 0.275 e. The second-order valence-electron chi connectivity index (χ2n) is 4.87. The van der Waals surface area contributed by atoms with Crippen LogP contribution in [0.1, 0.15) is 35.0 Å². The summed E-state index contributed by atoms with van der Waals surface area (Å²) in [6, 6.07) is 10.0. The lowest BCUT2D eigenvalue weighted by Gasteiger charge is -2.02. The molecule has 2 rings (SSSR count). The lowest BCUT2D eigenvalue weighted by Crippen LogP contribution is -2.22. The van der Waals surface area contributed by atoms with Crippen LogP contribution in [-0.4, -0.2) is 15.7 Å². The number of carbonyl (C=O) groups is 1. The van der Waals surface area contributed by atoms with Crippen molar-refractivity contribution >= 4 is 5.91 Å². The number of benzene rings is 1. The first-order valence-electron chi connectivity index (χ1n) is 6.95. The van der Waals surface area contributed by atoms with Crippen molar-refractivity contribution in [3.63, 3.8) is 0 Å². The molecular formula is C17H23N3O. The van der Waals surface area contributed by atoms with Gasteiger partial charge in [0, 0.05) is 18.9 Å². The number of hydrogen-bond donors (Lipinski definition) is 1. The van der Waals surface area contributed by atoms with Crippen LogP contribution in [0.15, 0.2) is 48.8 Å². The third kappa shape index (κ3) is 5.65. The highest BCUT2D eigenvalue weighted by Crippen LogP contribution is 2.02. The lowest BCUT2D eigenvalue weighted by molar-refractivity contribution is 0.0959. The van der Waals surface area contributed by atoms with E-state index >= 15 is 0 Å². The van der Waals surface area contributed by atoms with Gasteiger partial charge in [-0.15, -0.1) is 0 Å². The highest BCUT2D eigenvalue weighted by molar-refractivity contribution is 5.93. The van der Waals surface area contributed by atoms with Gasteiger partial charge in [0.2, 0.25) is 0 Å².